The lowest BCUT2D eigenvalue weighted by Crippen LogP contribution is -2.25. The number of aromatic nitrogens is 5. The molecule has 0 radical (unpaired) electrons. The highest BCUT2D eigenvalue weighted by molar-refractivity contribution is 8.00. The lowest BCUT2D eigenvalue weighted by atomic mass is 10.3. The minimum Gasteiger partial charge on any atom is -0.310 e. The largest absolute Gasteiger partial charge is 0.310 e. The fraction of sp³-hybridized carbons (Fsp3) is 0.474. The maximum Gasteiger partial charge on any atom is 0.238 e. The molecule has 0 bridgehead atoms. The van der Waals surface area contributed by atoms with E-state index in [4.69, 9.17) is 0 Å². The van der Waals surface area contributed by atoms with E-state index in [1.54, 1.807) is 17.5 Å². The van der Waals surface area contributed by atoms with E-state index < -0.39 is 0 Å². The first kappa shape index (κ1) is 19.2. The van der Waals surface area contributed by atoms with Gasteiger partial charge in [-0.2, -0.15) is 5.10 Å². The molecule has 9 heteroatoms. The molecular weight excluding hydrogens is 392 g/mol. The molecule has 0 aliphatic heterocycles. The summed E-state index contributed by atoms with van der Waals surface area (Å²) in [6.45, 7) is 6.10. The Labute approximate surface area is 172 Å². The van der Waals surface area contributed by atoms with Gasteiger partial charge in [0.15, 0.2) is 11.0 Å². The number of amides is 1. The lowest BCUT2D eigenvalue weighted by Gasteiger charge is -2.16. The fourth-order valence-electron chi connectivity index (χ4n) is 2.97. The van der Waals surface area contributed by atoms with Gasteiger partial charge in [0.25, 0.3) is 0 Å². The first-order chi connectivity index (χ1) is 13.6. The molecule has 148 valence electrons. The predicted octanol–water partition coefficient (Wildman–Crippen LogP) is 4.63. The Morgan fingerprint density at radius 2 is 2.18 bits per heavy atom. The third-order valence-corrected chi connectivity index (χ3v) is 6.82. The summed E-state index contributed by atoms with van der Waals surface area (Å²) >= 11 is 3.12. The molecule has 1 fully saturated rings. The highest BCUT2D eigenvalue weighted by atomic mass is 32.2. The first-order valence-electron chi connectivity index (χ1n) is 9.58. The molecular formula is C19H24N6OS2. The first-order valence-corrected chi connectivity index (χ1v) is 11.3. The number of hydrogen-bond donors (Lipinski definition) is 1. The maximum atomic E-state index is 12.8. The van der Waals surface area contributed by atoms with Gasteiger partial charge in [-0.25, -0.2) is 4.68 Å². The van der Waals surface area contributed by atoms with Crippen molar-refractivity contribution in [2.24, 2.45) is 0 Å². The second kappa shape index (κ2) is 8.08. The normalized spacial score (nSPS) is 16.1. The highest BCUT2D eigenvalue weighted by Crippen LogP contribution is 2.42. The van der Waals surface area contributed by atoms with Gasteiger partial charge in [-0.05, 0) is 44.6 Å². The molecule has 0 aromatic carbocycles. The van der Waals surface area contributed by atoms with Crippen molar-refractivity contribution in [1.29, 1.82) is 0 Å². The van der Waals surface area contributed by atoms with Gasteiger partial charge in [0.1, 0.15) is 5.82 Å². The topological polar surface area (TPSA) is 77.6 Å². The molecule has 1 aliphatic rings. The summed E-state index contributed by atoms with van der Waals surface area (Å²) in [5.74, 6) is 1.58. The van der Waals surface area contributed by atoms with Crippen molar-refractivity contribution < 1.29 is 4.79 Å². The van der Waals surface area contributed by atoms with Crippen molar-refractivity contribution in [3.8, 4) is 10.7 Å². The Balaban J connectivity index is 1.49. The zero-order chi connectivity index (χ0) is 19.7. The van der Waals surface area contributed by atoms with Crippen LogP contribution in [0, 0.1) is 0 Å². The second-order valence-corrected chi connectivity index (χ2v) is 9.31. The van der Waals surface area contributed by atoms with Crippen LogP contribution in [-0.2, 0) is 4.79 Å². The summed E-state index contributed by atoms with van der Waals surface area (Å²) in [5, 5.41) is 18.7. The average molecular weight is 417 g/mol. The number of carbonyl (C=O) groups is 1. The van der Waals surface area contributed by atoms with Crippen LogP contribution in [-0.4, -0.2) is 35.7 Å². The zero-order valence-corrected chi connectivity index (χ0v) is 17.8. The van der Waals surface area contributed by atoms with Gasteiger partial charge in [-0.15, -0.1) is 21.5 Å². The Morgan fingerprint density at radius 1 is 1.36 bits per heavy atom. The molecule has 3 aromatic rings. The van der Waals surface area contributed by atoms with E-state index in [0.717, 1.165) is 40.9 Å². The van der Waals surface area contributed by atoms with E-state index >= 15 is 0 Å². The number of nitrogens with zero attached hydrogens (tertiary/aromatic N) is 5. The van der Waals surface area contributed by atoms with Crippen molar-refractivity contribution in [3.63, 3.8) is 0 Å². The monoisotopic (exact) mass is 416 g/mol. The molecule has 1 saturated carbocycles. The Hall–Kier alpha value is -2.13. The summed E-state index contributed by atoms with van der Waals surface area (Å²) in [4.78, 5) is 13.9. The van der Waals surface area contributed by atoms with Crippen molar-refractivity contribution in [2.75, 3.05) is 5.32 Å². The van der Waals surface area contributed by atoms with Crippen molar-refractivity contribution in [2.45, 2.75) is 62.5 Å². The molecule has 3 aromatic heterocycles. The van der Waals surface area contributed by atoms with Crippen LogP contribution >= 0.6 is 23.1 Å². The number of thiophene rings is 1. The van der Waals surface area contributed by atoms with Crippen LogP contribution in [0.15, 0.2) is 34.9 Å². The summed E-state index contributed by atoms with van der Waals surface area (Å²) in [5.41, 5.74) is 0. The van der Waals surface area contributed by atoms with Gasteiger partial charge in [0.2, 0.25) is 5.91 Å². The number of hydrogen-bond acceptors (Lipinski definition) is 6. The molecule has 2 atom stereocenters. The molecule has 3 heterocycles. The summed E-state index contributed by atoms with van der Waals surface area (Å²) in [6, 6.07) is 6.60. The maximum absolute atomic E-state index is 12.8. The summed E-state index contributed by atoms with van der Waals surface area (Å²) < 4.78 is 4.06. The van der Waals surface area contributed by atoms with Crippen LogP contribution in [0.2, 0.25) is 0 Å². The van der Waals surface area contributed by atoms with E-state index in [0.29, 0.717) is 6.04 Å². The number of nitrogens with one attached hydrogen (secondary N) is 1. The Kier molecular flexibility index (Phi) is 5.54. The number of thioether (sulfide) groups is 1. The summed E-state index contributed by atoms with van der Waals surface area (Å²) in [7, 11) is 0. The standard InChI is InChI=1S/C19H24N6OS2/c1-4-12(2)25-16(9-10-20-25)21-18(26)13(3)28-19-23-22-17(15-6-5-11-27-15)24(19)14-7-8-14/h5-6,9-14H,4,7-8H2,1-3H3,(H,21,26)/t12-,13-/m0/s1. The molecule has 28 heavy (non-hydrogen) atoms. The lowest BCUT2D eigenvalue weighted by molar-refractivity contribution is -0.115. The molecule has 4 rings (SSSR count). The minimum atomic E-state index is -0.293. The Bertz CT molecular complexity index is 944. The van der Waals surface area contributed by atoms with E-state index in [-0.39, 0.29) is 17.2 Å². The van der Waals surface area contributed by atoms with E-state index in [2.05, 4.69) is 45.1 Å². The van der Waals surface area contributed by atoms with Crippen molar-refractivity contribution in [3.05, 3.63) is 29.8 Å². The number of rotatable bonds is 8. The molecule has 0 spiro atoms. The predicted molar refractivity (Wildman–Crippen MR) is 113 cm³/mol. The second-order valence-electron chi connectivity index (χ2n) is 7.05. The third-order valence-electron chi connectivity index (χ3n) is 4.90. The van der Waals surface area contributed by atoms with Crippen LogP contribution < -0.4 is 5.32 Å². The zero-order valence-electron chi connectivity index (χ0n) is 16.2. The van der Waals surface area contributed by atoms with Gasteiger partial charge < -0.3 is 5.32 Å². The van der Waals surface area contributed by atoms with Gasteiger partial charge in [-0.1, -0.05) is 24.8 Å². The molecule has 1 aliphatic carbocycles. The van der Waals surface area contributed by atoms with Crippen LogP contribution in [0.25, 0.3) is 10.7 Å². The minimum absolute atomic E-state index is 0.0573. The molecule has 0 unspecified atom stereocenters. The number of carbonyl (C=O) groups excluding carboxylic acids is 1. The SMILES string of the molecule is CC[C@H](C)n1nccc1NC(=O)[C@H](C)Sc1nnc(-c2cccs2)n1C1CC1. The van der Waals surface area contributed by atoms with Crippen LogP contribution in [0.1, 0.15) is 52.1 Å². The van der Waals surface area contributed by atoms with E-state index in [1.165, 1.54) is 11.8 Å². The molecule has 7 nitrogen and oxygen atoms in total. The molecule has 1 amide bonds. The van der Waals surface area contributed by atoms with E-state index in [9.17, 15) is 4.79 Å². The fourth-order valence-corrected chi connectivity index (χ4v) is 4.59. The van der Waals surface area contributed by atoms with Crippen molar-refractivity contribution >= 4 is 34.8 Å². The van der Waals surface area contributed by atoms with Gasteiger partial charge in [-0.3, -0.25) is 9.36 Å². The summed E-state index contributed by atoms with van der Waals surface area (Å²) in [6.07, 6.45) is 4.94. The van der Waals surface area contributed by atoms with Gasteiger partial charge >= 0.3 is 0 Å². The molecule has 1 N–H and O–H groups in total. The quantitative estimate of drug-likeness (QED) is 0.542. The van der Waals surface area contributed by atoms with Crippen LogP contribution in [0.4, 0.5) is 5.82 Å². The van der Waals surface area contributed by atoms with Gasteiger partial charge in [0.05, 0.1) is 22.4 Å². The molecule has 0 saturated heterocycles. The average Bonchev–Trinajstić information content (AvgIpc) is 3.10. The Morgan fingerprint density at radius 3 is 2.86 bits per heavy atom. The van der Waals surface area contributed by atoms with Crippen molar-refractivity contribution in [1.82, 2.24) is 24.5 Å². The van der Waals surface area contributed by atoms with Gasteiger partial charge in [0, 0.05) is 12.1 Å². The van der Waals surface area contributed by atoms with E-state index in [1.807, 2.05) is 29.1 Å². The van der Waals surface area contributed by atoms with Crippen LogP contribution in [0.5, 0.6) is 0 Å². The third kappa shape index (κ3) is 3.86. The smallest absolute Gasteiger partial charge is 0.238 e. The number of anilines is 1. The highest BCUT2D eigenvalue weighted by Gasteiger charge is 2.32. The van der Waals surface area contributed by atoms with Crippen LogP contribution in [0.3, 0.4) is 0 Å².